The first-order chi connectivity index (χ1) is 12.1. The van der Waals surface area contributed by atoms with Gasteiger partial charge in [-0.25, -0.2) is 4.39 Å². The van der Waals surface area contributed by atoms with Crippen molar-refractivity contribution >= 4 is 16.7 Å². The van der Waals surface area contributed by atoms with Crippen LogP contribution in [0.3, 0.4) is 0 Å². The third kappa shape index (κ3) is 4.64. The van der Waals surface area contributed by atoms with Gasteiger partial charge in [0.15, 0.2) is 5.76 Å². The second kappa shape index (κ2) is 7.90. The molecule has 1 aromatic heterocycles. The lowest BCUT2D eigenvalue weighted by atomic mass is 10.2. The van der Waals surface area contributed by atoms with Gasteiger partial charge in [0.25, 0.3) is 5.91 Å². The Bertz CT molecular complexity index is 875. The van der Waals surface area contributed by atoms with Gasteiger partial charge >= 0.3 is 0 Å². The van der Waals surface area contributed by atoms with Gasteiger partial charge in [-0.15, -0.1) is 0 Å². The van der Waals surface area contributed by atoms with Gasteiger partial charge in [-0.2, -0.15) is 0 Å². The van der Waals surface area contributed by atoms with Crippen molar-refractivity contribution in [2.75, 3.05) is 0 Å². The summed E-state index contributed by atoms with van der Waals surface area (Å²) in [5.41, 5.74) is 0.784. The van der Waals surface area contributed by atoms with Crippen LogP contribution in [0.25, 0.3) is 0 Å². The fourth-order valence-electron chi connectivity index (χ4n) is 2.23. The zero-order valence-electron chi connectivity index (χ0n) is 13.3. The fourth-order valence-corrected chi connectivity index (χ4v) is 3.27. The van der Waals surface area contributed by atoms with Crippen LogP contribution < -0.4 is 5.32 Å². The van der Waals surface area contributed by atoms with Gasteiger partial charge in [0.2, 0.25) is 0 Å². The molecule has 0 unspecified atom stereocenters. The standard InChI is InChI=1S/C19H16FNO3S/c20-15-8-6-14(7-9-15)12-21-19(22)18-11-10-16(24-18)13-25(23)17-4-2-1-3-5-17/h1-11H,12-13H2,(H,21,22)/t25-/m1/s1. The summed E-state index contributed by atoms with van der Waals surface area (Å²) >= 11 is 0. The SMILES string of the molecule is O=C(NCc1ccc(F)cc1)c1ccc(C[S@@](=O)c2ccccc2)o1. The number of hydrogen-bond acceptors (Lipinski definition) is 3. The van der Waals surface area contributed by atoms with Crippen LogP contribution in [0.1, 0.15) is 21.9 Å². The van der Waals surface area contributed by atoms with E-state index in [2.05, 4.69) is 5.32 Å². The first-order valence-corrected chi connectivity index (χ1v) is 8.98. The first-order valence-electron chi connectivity index (χ1n) is 7.66. The molecule has 1 amide bonds. The lowest BCUT2D eigenvalue weighted by molar-refractivity contribution is 0.0921. The van der Waals surface area contributed by atoms with Crippen molar-refractivity contribution in [3.63, 3.8) is 0 Å². The second-order valence-corrected chi connectivity index (χ2v) is 6.83. The van der Waals surface area contributed by atoms with E-state index in [-0.39, 0.29) is 29.8 Å². The van der Waals surface area contributed by atoms with Gasteiger partial charge < -0.3 is 9.73 Å². The molecule has 6 heteroatoms. The average Bonchev–Trinajstić information content (AvgIpc) is 3.10. The monoisotopic (exact) mass is 357 g/mol. The molecule has 1 N–H and O–H groups in total. The molecule has 25 heavy (non-hydrogen) atoms. The molecule has 0 bridgehead atoms. The zero-order valence-corrected chi connectivity index (χ0v) is 14.1. The normalized spacial score (nSPS) is 11.9. The number of carbonyl (C=O) groups excluding carboxylic acids is 1. The maximum atomic E-state index is 12.9. The highest BCUT2D eigenvalue weighted by atomic mass is 32.2. The summed E-state index contributed by atoms with van der Waals surface area (Å²) in [6, 6.07) is 18.2. The van der Waals surface area contributed by atoms with Gasteiger partial charge in [0.05, 0.1) is 16.6 Å². The molecule has 2 aromatic carbocycles. The van der Waals surface area contributed by atoms with Crippen molar-refractivity contribution in [1.82, 2.24) is 5.32 Å². The van der Waals surface area contributed by atoms with Crippen molar-refractivity contribution in [2.45, 2.75) is 17.2 Å². The first kappa shape index (κ1) is 17.1. The number of halogens is 1. The Morgan fingerprint density at radius 3 is 2.44 bits per heavy atom. The fraction of sp³-hybridized carbons (Fsp3) is 0.105. The summed E-state index contributed by atoms with van der Waals surface area (Å²) in [4.78, 5) is 12.8. The molecule has 0 saturated heterocycles. The predicted molar refractivity (Wildman–Crippen MR) is 92.8 cm³/mol. The number of benzene rings is 2. The Balaban J connectivity index is 1.58. The topological polar surface area (TPSA) is 59.3 Å². The number of carbonyl (C=O) groups is 1. The predicted octanol–water partition coefficient (Wildman–Crippen LogP) is 3.66. The van der Waals surface area contributed by atoms with Crippen molar-refractivity contribution in [1.29, 1.82) is 0 Å². The molecule has 0 aliphatic heterocycles. The molecule has 4 nitrogen and oxygen atoms in total. The lowest BCUT2D eigenvalue weighted by Gasteiger charge is -2.03. The number of furan rings is 1. The minimum Gasteiger partial charge on any atom is -0.455 e. The summed E-state index contributed by atoms with van der Waals surface area (Å²) in [6.07, 6.45) is 0. The van der Waals surface area contributed by atoms with E-state index in [4.69, 9.17) is 4.42 Å². The van der Waals surface area contributed by atoms with Gasteiger partial charge in [-0.1, -0.05) is 30.3 Å². The summed E-state index contributed by atoms with van der Waals surface area (Å²) in [5, 5.41) is 2.70. The minimum absolute atomic E-state index is 0.155. The van der Waals surface area contributed by atoms with Crippen molar-refractivity contribution in [3.8, 4) is 0 Å². The van der Waals surface area contributed by atoms with E-state index in [1.165, 1.54) is 12.1 Å². The van der Waals surface area contributed by atoms with Crippen LogP contribution in [0.2, 0.25) is 0 Å². The number of nitrogens with one attached hydrogen (secondary N) is 1. The van der Waals surface area contributed by atoms with E-state index in [9.17, 15) is 13.4 Å². The van der Waals surface area contributed by atoms with E-state index >= 15 is 0 Å². The Hall–Kier alpha value is -2.73. The minimum atomic E-state index is -1.23. The Kier molecular flexibility index (Phi) is 5.40. The number of amides is 1. The average molecular weight is 357 g/mol. The molecule has 1 atom stereocenters. The van der Waals surface area contributed by atoms with Crippen molar-refractivity contribution in [3.05, 3.63) is 89.6 Å². The molecule has 0 saturated carbocycles. The lowest BCUT2D eigenvalue weighted by Crippen LogP contribution is -2.22. The molecule has 0 aliphatic rings. The van der Waals surface area contributed by atoms with Crippen LogP contribution >= 0.6 is 0 Å². The maximum Gasteiger partial charge on any atom is 0.287 e. The van der Waals surface area contributed by atoms with Crippen LogP contribution in [-0.2, 0) is 23.1 Å². The highest BCUT2D eigenvalue weighted by Gasteiger charge is 2.13. The van der Waals surface area contributed by atoms with Crippen LogP contribution in [0.4, 0.5) is 4.39 Å². The molecule has 0 spiro atoms. The summed E-state index contributed by atoms with van der Waals surface area (Å²) in [7, 11) is -1.23. The van der Waals surface area contributed by atoms with E-state index in [0.29, 0.717) is 10.7 Å². The van der Waals surface area contributed by atoms with Crippen molar-refractivity contribution < 1.29 is 17.8 Å². The molecule has 0 radical (unpaired) electrons. The van der Waals surface area contributed by atoms with Crippen molar-refractivity contribution in [2.24, 2.45) is 0 Å². The second-order valence-electron chi connectivity index (χ2n) is 5.38. The molecular formula is C19H16FNO3S. The number of rotatable bonds is 6. The molecule has 3 rings (SSSR count). The van der Waals surface area contributed by atoms with Gasteiger partial charge in [0, 0.05) is 11.4 Å². The molecule has 3 aromatic rings. The van der Waals surface area contributed by atoms with Crippen LogP contribution in [0.15, 0.2) is 76.0 Å². The van der Waals surface area contributed by atoms with E-state index in [1.54, 1.807) is 36.4 Å². The smallest absolute Gasteiger partial charge is 0.287 e. The molecule has 0 aliphatic carbocycles. The van der Waals surface area contributed by atoms with Crippen LogP contribution in [0, 0.1) is 5.82 Å². The highest BCUT2D eigenvalue weighted by Crippen LogP contribution is 2.15. The maximum absolute atomic E-state index is 12.9. The van der Waals surface area contributed by atoms with E-state index in [1.807, 2.05) is 18.2 Å². The van der Waals surface area contributed by atoms with Gasteiger partial charge in [0.1, 0.15) is 11.6 Å². The van der Waals surface area contributed by atoms with E-state index in [0.717, 1.165) is 5.56 Å². The summed E-state index contributed by atoms with van der Waals surface area (Å²) in [5.74, 6) is 0.143. The molecular weight excluding hydrogens is 341 g/mol. The highest BCUT2D eigenvalue weighted by molar-refractivity contribution is 7.84. The van der Waals surface area contributed by atoms with Crippen LogP contribution in [0.5, 0.6) is 0 Å². The largest absolute Gasteiger partial charge is 0.455 e. The molecule has 1 heterocycles. The Morgan fingerprint density at radius 2 is 1.72 bits per heavy atom. The van der Waals surface area contributed by atoms with Gasteiger partial charge in [-0.05, 0) is 42.0 Å². The van der Waals surface area contributed by atoms with Crippen LogP contribution in [-0.4, -0.2) is 10.1 Å². The number of hydrogen-bond donors (Lipinski definition) is 1. The quantitative estimate of drug-likeness (QED) is 0.732. The third-order valence-corrected chi connectivity index (χ3v) is 4.88. The zero-order chi connectivity index (χ0) is 17.6. The summed E-state index contributed by atoms with van der Waals surface area (Å²) in [6.45, 7) is 0.269. The van der Waals surface area contributed by atoms with Gasteiger partial charge in [-0.3, -0.25) is 9.00 Å². The van der Waals surface area contributed by atoms with E-state index < -0.39 is 10.8 Å². The molecule has 128 valence electrons. The Labute approximate surface area is 147 Å². The summed E-state index contributed by atoms with van der Waals surface area (Å²) < 4.78 is 30.6. The third-order valence-electron chi connectivity index (χ3n) is 3.53. The molecule has 0 fully saturated rings. The Morgan fingerprint density at radius 1 is 1.00 bits per heavy atom.